The minimum atomic E-state index is -3.07. The van der Waals surface area contributed by atoms with E-state index in [-0.39, 0.29) is 18.3 Å². The van der Waals surface area contributed by atoms with Gasteiger partial charge in [0.15, 0.2) is 0 Å². The number of sulfonamides is 1. The number of carboxylic acid groups (broad SMARTS) is 2. The van der Waals surface area contributed by atoms with Gasteiger partial charge in [-0.2, -0.15) is 4.31 Å². The lowest BCUT2D eigenvalue weighted by molar-refractivity contribution is -0.159. The van der Waals surface area contributed by atoms with Crippen molar-refractivity contribution >= 4 is 22.0 Å². The van der Waals surface area contributed by atoms with E-state index in [4.69, 9.17) is 25.5 Å². The van der Waals surface area contributed by atoms with Gasteiger partial charge < -0.3 is 15.9 Å². The normalized spacial score (nSPS) is 20.2. The lowest BCUT2D eigenvalue weighted by Gasteiger charge is -2.32. The summed E-state index contributed by atoms with van der Waals surface area (Å²) in [6.45, 7) is 2.85. The Balaban J connectivity index is 0.000000459. The highest BCUT2D eigenvalue weighted by Gasteiger charge is 2.28. The van der Waals surface area contributed by atoms with E-state index in [0.29, 0.717) is 6.54 Å². The van der Waals surface area contributed by atoms with E-state index in [9.17, 15) is 8.42 Å². The van der Waals surface area contributed by atoms with Crippen LogP contribution in [0, 0.1) is 0 Å². The Morgan fingerprint density at radius 3 is 2.16 bits per heavy atom. The van der Waals surface area contributed by atoms with Crippen molar-refractivity contribution in [3.8, 4) is 0 Å². The van der Waals surface area contributed by atoms with Crippen molar-refractivity contribution < 1.29 is 28.2 Å². The molecule has 1 unspecified atom stereocenters. The molecule has 0 bridgehead atoms. The maximum atomic E-state index is 11.6. The van der Waals surface area contributed by atoms with Gasteiger partial charge in [0.25, 0.3) is 0 Å². The summed E-state index contributed by atoms with van der Waals surface area (Å²) in [4.78, 5) is 18.2. The second-order valence-electron chi connectivity index (χ2n) is 4.17. The largest absolute Gasteiger partial charge is 0.473 e. The molecule has 1 rings (SSSR count). The molecule has 0 aromatic carbocycles. The molecule has 4 N–H and O–H groups in total. The van der Waals surface area contributed by atoms with E-state index in [1.807, 2.05) is 6.92 Å². The van der Waals surface area contributed by atoms with Crippen LogP contribution in [0.4, 0.5) is 0 Å². The van der Waals surface area contributed by atoms with Crippen LogP contribution in [0.25, 0.3) is 0 Å². The molecule has 8 nitrogen and oxygen atoms in total. The summed E-state index contributed by atoms with van der Waals surface area (Å²) in [5, 5.41) is 14.8. The Kier molecular flexibility index (Phi) is 7.57. The minimum absolute atomic E-state index is 0.0807. The van der Waals surface area contributed by atoms with Crippen LogP contribution in [-0.4, -0.2) is 59.8 Å². The van der Waals surface area contributed by atoms with E-state index < -0.39 is 22.0 Å². The summed E-state index contributed by atoms with van der Waals surface area (Å²) in [7, 11) is -3.07. The summed E-state index contributed by atoms with van der Waals surface area (Å²) in [6.07, 6.45) is 3.09. The molecule has 0 aliphatic carbocycles. The maximum absolute atomic E-state index is 11.6. The van der Waals surface area contributed by atoms with E-state index in [0.717, 1.165) is 19.3 Å². The fraction of sp³-hybridized carbons (Fsp3) is 0.800. The Bertz CT molecular complexity index is 396. The molecule has 1 saturated heterocycles. The lowest BCUT2D eigenvalue weighted by atomic mass is 10.1. The zero-order chi connectivity index (χ0) is 15.1. The Hall–Kier alpha value is -1.19. The van der Waals surface area contributed by atoms with Crippen molar-refractivity contribution in [3.05, 3.63) is 0 Å². The molecule has 0 aromatic heterocycles. The smallest absolute Gasteiger partial charge is 0.414 e. The molecule has 1 heterocycles. The van der Waals surface area contributed by atoms with Gasteiger partial charge in [-0.05, 0) is 19.8 Å². The van der Waals surface area contributed by atoms with Crippen LogP contribution in [0.5, 0.6) is 0 Å². The molecule has 0 radical (unpaired) electrons. The molecule has 0 aromatic rings. The van der Waals surface area contributed by atoms with Crippen LogP contribution in [0.15, 0.2) is 0 Å². The lowest BCUT2D eigenvalue weighted by Crippen LogP contribution is -2.44. The summed E-state index contributed by atoms with van der Waals surface area (Å²) in [5.74, 6) is -3.57. The second-order valence-corrected chi connectivity index (χ2v) is 6.21. The van der Waals surface area contributed by atoms with E-state index >= 15 is 0 Å². The number of carboxylic acids is 2. The SMILES string of the molecule is CC1CCCCN1S(=O)(=O)CCN.O=C(O)C(=O)O. The Morgan fingerprint density at radius 2 is 1.79 bits per heavy atom. The van der Waals surface area contributed by atoms with Crippen LogP contribution in [-0.2, 0) is 19.6 Å². The molecular formula is C10H20N2O6S. The molecule has 112 valence electrons. The Morgan fingerprint density at radius 1 is 1.26 bits per heavy atom. The van der Waals surface area contributed by atoms with Crippen molar-refractivity contribution in [2.75, 3.05) is 18.8 Å². The molecule has 0 saturated carbocycles. The average Bonchev–Trinajstić information content (AvgIpc) is 2.29. The molecular weight excluding hydrogens is 276 g/mol. The third-order valence-corrected chi connectivity index (χ3v) is 4.67. The topological polar surface area (TPSA) is 138 Å². The number of carbonyl (C=O) groups is 2. The van der Waals surface area contributed by atoms with E-state index in [2.05, 4.69) is 0 Å². The van der Waals surface area contributed by atoms with Crippen molar-refractivity contribution in [3.63, 3.8) is 0 Å². The number of nitrogens with zero attached hydrogens (tertiary/aromatic N) is 1. The fourth-order valence-electron chi connectivity index (χ4n) is 1.75. The second kappa shape index (κ2) is 8.08. The van der Waals surface area contributed by atoms with Gasteiger partial charge in [-0.3, -0.25) is 0 Å². The number of hydrogen-bond donors (Lipinski definition) is 3. The van der Waals surface area contributed by atoms with Crippen LogP contribution in [0.3, 0.4) is 0 Å². The quantitative estimate of drug-likeness (QED) is 0.585. The van der Waals surface area contributed by atoms with Gasteiger partial charge >= 0.3 is 11.9 Å². The number of piperidine rings is 1. The number of hydrogen-bond acceptors (Lipinski definition) is 5. The summed E-state index contributed by atoms with van der Waals surface area (Å²) < 4.78 is 24.9. The minimum Gasteiger partial charge on any atom is -0.473 e. The van der Waals surface area contributed by atoms with Crippen LogP contribution in [0.1, 0.15) is 26.2 Å². The molecule has 1 atom stereocenters. The highest BCUT2D eigenvalue weighted by Crippen LogP contribution is 2.19. The first-order valence-electron chi connectivity index (χ1n) is 5.88. The van der Waals surface area contributed by atoms with Crippen molar-refractivity contribution in [1.29, 1.82) is 0 Å². The molecule has 0 amide bonds. The van der Waals surface area contributed by atoms with Gasteiger partial charge in [0.05, 0.1) is 5.75 Å². The molecule has 1 aliphatic rings. The van der Waals surface area contributed by atoms with Crippen LogP contribution in [0.2, 0.25) is 0 Å². The third-order valence-electron chi connectivity index (χ3n) is 2.66. The monoisotopic (exact) mass is 296 g/mol. The highest BCUT2D eigenvalue weighted by atomic mass is 32.2. The first kappa shape index (κ1) is 17.8. The zero-order valence-electron chi connectivity index (χ0n) is 10.8. The summed E-state index contributed by atoms with van der Waals surface area (Å²) in [6, 6.07) is 0.158. The van der Waals surface area contributed by atoms with E-state index in [1.54, 1.807) is 4.31 Å². The fourth-order valence-corrected chi connectivity index (χ4v) is 3.34. The number of nitrogens with two attached hydrogens (primary N) is 1. The van der Waals surface area contributed by atoms with Gasteiger partial charge in [0, 0.05) is 19.1 Å². The van der Waals surface area contributed by atoms with Gasteiger partial charge in [0.1, 0.15) is 0 Å². The number of aliphatic carboxylic acids is 2. The molecule has 0 spiro atoms. The average molecular weight is 296 g/mol. The number of rotatable bonds is 3. The molecule has 1 aliphatic heterocycles. The molecule has 9 heteroatoms. The van der Waals surface area contributed by atoms with Gasteiger partial charge in [0.2, 0.25) is 10.0 Å². The maximum Gasteiger partial charge on any atom is 0.414 e. The highest BCUT2D eigenvalue weighted by molar-refractivity contribution is 7.89. The predicted octanol–water partition coefficient (Wildman–Crippen LogP) is -0.695. The molecule has 19 heavy (non-hydrogen) atoms. The van der Waals surface area contributed by atoms with Gasteiger partial charge in [-0.15, -0.1) is 0 Å². The summed E-state index contributed by atoms with van der Waals surface area (Å²) in [5.41, 5.74) is 5.26. The van der Waals surface area contributed by atoms with Gasteiger partial charge in [-0.1, -0.05) is 6.42 Å². The van der Waals surface area contributed by atoms with E-state index in [1.165, 1.54) is 0 Å². The first-order valence-corrected chi connectivity index (χ1v) is 7.49. The standard InChI is InChI=1S/C8H18N2O2S.C2H2O4/c1-8-4-2-3-6-10(8)13(11,12)7-5-9;3-1(4)2(5)6/h8H,2-7,9H2,1H3;(H,3,4)(H,5,6). The third kappa shape index (κ3) is 6.50. The van der Waals surface area contributed by atoms with Crippen LogP contribution >= 0.6 is 0 Å². The zero-order valence-corrected chi connectivity index (χ0v) is 11.6. The van der Waals surface area contributed by atoms with Crippen molar-refractivity contribution in [2.45, 2.75) is 32.2 Å². The van der Waals surface area contributed by atoms with Crippen molar-refractivity contribution in [2.24, 2.45) is 5.73 Å². The Labute approximate surface area is 112 Å². The van der Waals surface area contributed by atoms with Crippen LogP contribution < -0.4 is 5.73 Å². The molecule has 1 fully saturated rings. The first-order chi connectivity index (χ1) is 8.72. The summed E-state index contributed by atoms with van der Waals surface area (Å²) >= 11 is 0. The van der Waals surface area contributed by atoms with Crippen molar-refractivity contribution in [1.82, 2.24) is 4.31 Å². The predicted molar refractivity (Wildman–Crippen MR) is 68.1 cm³/mol. The van der Waals surface area contributed by atoms with Gasteiger partial charge in [-0.25, -0.2) is 18.0 Å².